The number of thioether (sulfide) groups is 1. The van der Waals surface area contributed by atoms with E-state index in [2.05, 4.69) is 11.1 Å². The standard InChI is InChI=1S/C26H26N4O3S3/c1-34-21-9-12-23-24(16-21)35-26(28-23)30(18-19-6-5-13-27-17-19)25(31)20-7-10-22(11-8-20)36(32,33)29-14-3-2-4-15-29/h5-13,16-17H,2-4,14-15,18H2,1H3. The molecule has 3 heterocycles. The highest BCUT2D eigenvalue weighted by Crippen LogP contribution is 2.33. The number of sulfonamides is 1. The molecule has 0 atom stereocenters. The molecule has 0 N–H and O–H groups in total. The number of hydrogen-bond donors (Lipinski definition) is 0. The number of nitrogens with zero attached hydrogens (tertiary/aromatic N) is 4. The summed E-state index contributed by atoms with van der Waals surface area (Å²) >= 11 is 3.12. The van der Waals surface area contributed by atoms with E-state index in [1.165, 1.54) is 27.8 Å². The number of amides is 1. The molecule has 0 aliphatic carbocycles. The number of anilines is 1. The van der Waals surface area contributed by atoms with E-state index in [-0.39, 0.29) is 10.8 Å². The van der Waals surface area contributed by atoms with Gasteiger partial charge in [0.2, 0.25) is 10.0 Å². The molecule has 0 bridgehead atoms. The number of piperidine rings is 1. The van der Waals surface area contributed by atoms with Crippen molar-refractivity contribution < 1.29 is 13.2 Å². The van der Waals surface area contributed by atoms with Crippen LogP contribution in [0.25, 0.3) is 10.2 Å². The second-order valence-electron chi connectivity index (χ2n) is 8.57. The van der Waals surface area contributed by atoms with E-state index in [4.69, 9.17) is 4.98 Å². The van der Waals surface area contributed by atoms with Crippen molar-refractivity contribution >= 4 is 54.4 Å². The van der Waals surface area contributed by atoms with E-state index in [0.29, 0.717) is 30.3 Å². The molecule has 0 spiro atoms. The Hall–Kier alpha value is -2.79. The van der Waals surface area contributed by atoms with Crippen molar-refractivity contribution in [3.8, 4) is 0 Å². The van der Waals surface area contributed by atoms with Gasteiger partial charge in [-0.3, -0.25) is 14.7 Å². The molecule has 0 radical (unpaired) electrons. The van der Waals surface area contributed by atoms with Crippen molar-refractivity contribution in [2.24, 2.45) is 0 Å². The van der Waals surface area contributed by atoms with Crippen molar-refractivity contribution in [2.75, 3.05) is 24.2 Å². The summed E-state index contributed by atoms with van der Waals surface area (Å²) < 4.78 is 28.6. The van der Waals surface area contributed by atoms with E-state index in [0.717, 1.165) is 39.9 Å². The van der Waals surface area contributed by atoms with Crippen LogP contribution < -0.4 is 4.90 Å². The minimum Gasteiger partial charge on any atom is -0.279 e. The molecular formula is C26H26N4O3S3. The third-order valence-corrected chi connectivity index (χ3v) is 9.86. The van der Waals surface area contributed by atoms with Gasteiger partial charge in [0.1, 0.15) is 0 Å². The molecule has 1 aliphatic rings. The van der Waals surface area contributed by atoms with Crippen LogP contribution in [0.15, 0.2) is 76.8 Å². The van der Waals surface area contributed by atoms with Gasteiger partial charge in [-0.2, -0.15) is 4.31 Å². The van der Waals surface area contributed by atoms with Gasteiger partial charge in [0.05, 0.1) is 21.7 Å². The first kappa shape index (κ1) is 24.9. The van der Waals surface area contributed by atoms with Crippen molar-refractivity contribution in [3.63, 3.8) is 0 Å². The van der Waals surface area contributed by atoms with Gasteiger partial charge in [-0.15, -0.1) is 11.8 Å². The lowest BCUT2D eigenvalue weighted by Gasteiger charge is -2.26. The third-order valence-electron chi connectivity index (χ3n) is 6.18. The van der Waals surface area contributed by atoms with Crippen LogP contribution in [0.1, 0.15) is 35.2 Å². The maximum Gasteiger partial charge on any atom is 0.260 e. The average Bonchev–Trinajstić information content (AvgIpc) is 3.35. The lowest BCUT2D eigenvalue weighted by Crippen LogP contribution is -2.35. The monoisotopic (exact) mass is 538 g/mol. The molecule has 186 valence electrons. The molecule has 2 aromatic heterocycles. The Kier molecular flexibility index (Phi) is 7.38. The molecule has 1 saturated heterocycles. The van der Waals surface area contributed by atoms with E-state index < -0.39 is 10.0 Å². The fraction of sp³-hybridized carbons (Fsp3) is 0.269. The Labute approximate surface area is 219 Å². The predicted molar refractivity (Wildman–Crippen MR) is 145 cm³/mol. The Morgan fingerprint density at radius 2 is 1.86 bits per heavy atom. The van der Waals surface area contributed by atoms with E-state index in [1.54, 1.807) is 41.2 Å². The molecule has 1 aliphatic heterocycles. The maximum atomic E-state index is 13.7. The molecule has 7 nitrogen and oxygen atoms in total. The number of carbonyl (C=O) groups excluding carboxylic acids is 1. The predicted octanol–water partition coefficient (Wildman–Crippen LogP) is 5.43. The van der Waals surface area contributed by atoms with Crippen LogP contribution >= 0.6 is 23.1 Å². The van der Waals surface area contributed by atoms with Gasteiger partial charge in [-0.25, -0.2) is 13.4 Å². The van der Waals surface area contributed by atoms with Crippen LogP contribution in [-0.2, 0) is 16.6 Å². The SMILES string of the molecule is CSc1ccc2nc(N(Cc3cccnc3)C(=O)c3ccc(S(=O)(=O)N4CCCCC4)cc3)sc2c1. The first-order valence-corrected chi connectivity index (χ1v) is 15.2. The van der Waals surface area contributed by atoms with Crippen molar-refractivity contribution in [3.05, 3.63) is 78.1 Å². The largest absolute Gasteiger partial charge is 0.279 e. The van der Waals surface area contributed by atoms with Crippen LogP contribution in [-0.4, -0.2) is 47.9 Å². The number of benzene rings is 2. The van der Waals surface area contributed by atoms with Gasteiger partial charge in [0.25, 0.3) is 5.91 Å². The Bertz CT molecular complexity index is 1470. The quantitative estimate of drug-likeness (QED) is 0.292. The number of fused-ring (bicyclic) bond motifs is 1. The molecule has 1 amide bonds. The lowest BCUT2D eigenvalue weighted by atomic mass is 10.2. The first-order valence-electron chi connectivity index (χ1n) is 11.7. The van der Waals surface area contributed by atoms with Gasteiger partial charge in [0, 0.05) is 35.9 Å². The molecular weight excluding hydrogens is 513 g/mol. The minimum atomic E-state index is -3.56. The van der Waals surface area contributed by atoms with Gasteiger partial charge in [0.15, 0.2) is 5.13 Å². The van der Waals surface area contributed by atoms with Gasteiger partial charge >= 0.3 is 0 Å². The molecule has 2 aromatic carbocycles. The van der Waals surface area contributed by atoms with Crippen molar-refractivity contribution in [2.45, 2.75) is 35.6 Å². The molecule has 1 fully saturated rings. The summed E-state index contributed by atoms with van der Waals surface area (Å²) in [5.41, 5.74) is 2.11. The van der Waals surface area contributed by atoms with E-state index >= 15 is 0 Å². The highest BCUT2D eigenvalue weighted by molar-refractivity contribution is 7.98. The van der Waals surface area contributed by atoms with Gasteiger partial charge in [-0.1, -0.05) is 23.8 Å². The zero-order valence-corrected chi connectivity index (χ0v) is 22.3. The molecule has 5 rings (SSSR count). The maximum absolute atomic E-state index is 13.7. The number of hydrogen-bond acceptors (Lipinski definition) is 7. The smallest absolute Gasteiger partial charge is 0.260 e. The van der Waals surface area contributed by atoms with E-state index in [1.807, 2.05) is 30.5 Å². The van der Waals surface area contributed by atoms with Gasteiger partial charge in [-0.05, 0) is 73.2 Å². The molecule has 0 saturated carbocycles. The Morgan fingerprint density at radius 3 is 2.56 bits per heavy atom. The van der Waals surface area contributed by atoms with Crippen LogP contribution in [0, 0.1) is 0 Å². The lowest BCUT2D eigenvalue weighted by molar-refractivity contribution is 0.0985. The number of aromatic nitrogens is 2. The summed E-state index contributed by atoms with van der Waals surface area (Å²) in [4.78, 5) is 25.6. The second kappa shape index (κ2) is 10.7. The summed E-state index contributed by atoms with van der Waals surface area (Å²) in [6.07, 6.45) is 8.25. The highest BCUT2D eigenvalue weighted by atomic mass is 32.2. The zero-order valence-electron chi connectivity index (χ0n) is 19.8. The fourth-order valence-corrected chi connectivity index (χ4v) is 7.25. The number of carbonyl (C=O) groups is 1. The van der Waals surface area contributed by atoms with Crippen LogP contribution in [0.2, 0.25) is 0 Å². The summed E-state index contributed by atoms with van der Waals surface area (Å²) in [5.74, 6) is -0.245. The zero-order chi connectivity index (χ0) is 25.1. The average molecular weight is 539 g/mol. The van der Waals surface area contributed by atoms with Crippen LogP contribution in [0.5, 0.6) is 0 Å². The summed E-state index contributed by atoms with van der Waals surface area (Å²) in [7, 11) is -3.56. The fourth-order valence-electron chi connectivity index (χ4n) is 4.22. The molecule has 10 heteroatoms. The Morgan fingerprint density at radius 1 is 1.08 bits per heavy atom. The molecule has 36 heavy (non-hydrogen) atoms. The number of pyridine rings is 1. The number of rotatable bonds is 7. The van der Waals surface area contributed by atoms with Crippen molar-refractivity contribution in [1.29, 1.82) is 0 Å². The Balaban J connectivity index is 1.47. The molecule has 0 unspecified atom stereocenters. The van der Waals surface area contributed by atoms with Crippen LogP contribution in [0.3, 0.4) is 0 Å². The first-order chi connectivity index (χ1) is 17.5. The highest BCUT2D eigenvalue weighted by Gasteiger charge is 2.27. The van der Waals surface area contributed by atoms with E-state index in [9.17, 15) is 13.2 Å². The summed E-state index contributed by atoms with van der Waals surface area (Å²) in [6, 6.07) is 16.1. The molecule has 4 aromatic rings. The number of thiazole rings is 1. The second-order valence-corrected chi connectivity index (χ2v) is 12.4. The third kappa shape index (κ3) is 5.17. The van der Waals surface area contributed by atoms with Gasteiger partial charge < -0.3 is 0 Å². The normalized spacial score (nSPS) is 14.7. The topological polar surface area (TPSA) is 83.5 Å². The summed E-state index contributed by atoms with van der Waals surface area (Å²) in [5, 5.41) is 0.585. The summed E-state index contributed by atoms with van der Waals surface area (Å²) in [6.45, 7) is 1.38. The van der Waals surface area contributed by atoms with Crippen molar-refractivity contribution in [1.82, 2.24) is 14.3 Å². The minimum absolute atomic E-state index is 0.212. The van der Waals surface area contributed by atoms with Crippen LogP contribution in [0.4, 0.5) is 5.13 Å².